The summed E-state index contributed by atoms with van der Waals surface area (Å²) in [5.74, 6) is -2.08. The highest BCUT2D eigenvalue weighted by Crippen LogP contribution is 2.21. The van der Waals surface area contributed by atoms with Crippen molar-refractivity contribution in [1.29, 1.82) is 0 Å². The monoisotopic (exact) mass is 352 g/mol. The van der Waals surface area contributed by atoms with Crippen LogP contribution in [0.5, 0.6) is 0 Å². The first kappa shape index (κ1) is 18.3. The molecule has 0 bridgehead atoms. The summed E-state index contributed by atoms with van der Waals surface area (Å²) in [5, 5.41) is 3.06. The normalized spacial score (nSPS) is 17.3. The van der Waals surface area contributed by atoms with Gasteiger partial charge in [0, 0.05) is 23.8 Å². The Morgan fingerprint density at radius 1 is 1.38 bits per heavy atom. The molecule has 0 aliphatic carbocycles. The summed E-state index contributed by atoms with van der Waals surface area (Å²) < 4.78 is 5.00. The first-order valence-corrected chi connectivity index (χ1v) is 8.33. The lowest BCUT2D eigenvalue weighted by Gasteiger charge is -2.31. The molecule has 1 N–H and O–H groups in total. The van der Waals surface area contributed by atoms with E-state index in [9.17, 15) is 14.4 Å². The molecule has 2 rings (SSSR count). The summed E-state index contributed by atoms with van der Waals surface area (Å²) in [6.45, 7) is 4.56. The number of nitrogens with one attached hydrogen (secondary N) is 1. The first-order valence-electron chi connectivity index (χ1n) is 7.95. The minimum Gasteiger partial charge on any atom is -0.466 e. The third-order valence-electron chi connectivity index (χ3n) is 3.95. The molecule has 6 nitrogen and oxygen atoms in total. The van der Waals surface area contributed by atoms with Gasteiger partial charge in [-0.3, -0.25) is 14.4 Å². The molecule has 0 saturated carbocycles. The smallest absolute Gasteiger partial charge is 0.313 e. The van der Waals surface area contributed by atoms with Crippen molar-refractivity contribution < 1.29 is 19.1 Å². The highest BCUT2D eigenvalue weighted by Gasteiger charge is 2.32. The summed E-state index contributed by atoms with van der Waals surface area (Å²) in [6.07, 6.45) is 1.33. The third kappa shape index (κ3) is 4.47. The number of rotatable bonds is 3. The second-order valence-electron chi connectivity index (χ2n) is 5.76. The van der Waals surface area contributed by atoms with Crippen LogP contribution >= 0.6 is 11.6 Å². The van der Waals surface area contributed by atoms with Crippen molar-refractivity contribution in [2.45, 2.75) is 26.7 Å². The Labute approximate surface area is 146 Å². The van der Waals surface area contributed by atoms with Gasteiger partial charge in [-0.25, -0.2) is 0 Å². The second-order valence-corrected chi connectivity index (χ2v) is 6.17. The molecule has 1 heterocycles. The van der Waals surface area contributed by atoms with E-state index in [2.05, 4.69) is 5.32 Å². The standard InChI is InChI=1S/C17H21ClN2O4/c1-3-24-17(23)12-5-4-8-20(10-12)16(22)15(21)19-13-7-6-11(2)14(18)9-13/h6-7,9,12H,3-5,8,10H2,1-2H3,(H,19,21). The zero-order valence-corrected chi connectivity index (χ0v) is 14.6. The fourth-order valence-electron chi connectivity index (χ4n) is 2.61. The zero-order chi connectivity index (χ0) is 17.7. The summed E-state index contributed by atoms with van der Waals surface area (Å²) >= 11 is 6.01. The SMILES string of the molecule is CCOC(=O)C1CCCN(C(=O)C(=O)Nc2ccc(C)c(Cl)c2)C1. The van der Waals surface area contributed by atoms with Crippen LogP contribution in [0, 0.1) is 12.8 Å². The molecule has 130 valence electrons. The minimum absolute atomic E-state index is 0.208. The largest absolute Gasteiger partial charge is 0.466 e. The van der Waals surface area contributed by atoms with Gasteiger partial charge in [0.05, 0.1) is 12.5 Å². The Kier molecular flexibility index (Phi) is 6.20. The highest BCUT2D eigenvalue weighted by atomic mass is 35.5. The Balaban J connectivity index is 1.98. The predicted octanol–water partition coefficient (Wildman–Crippen LogP) is 2.39. The van der Waals surface area contributed by atoms with Crippen molar-refractivity contribution in [3.8, 4) is 0 Å². The Morgan fingerprint density at radius 2 is 2.12 bits per heavy atom. The number of anilines is 1. The topological polar surface area (TPSA) is 75.7 Å². The second kappa shape index (κ2) is 8.15. The number of benzene rings is 1. The minimum atomic E-state index is -0.737. The summed E-state index contributed by atoms with van der Waals surface area (Å²) in [5.41, 5.74) is 1.34. The number of hydrogen-bond donors (Lipinski definition) is 1. The van der Waals surface area contributed by atoms with E-state index in [1.807, 2.05) is 6.92 Å². The number of piperidine rings is 1. The molecular formula is C17H21ClN2O4. The average molecular weight is 353 g/mol. The Hall–Kier alpha value is -2.08. The van der Waals surface area contributed by atoms with Crippen molar-refractivity contribution >= 4 is 35.1 Å². The van der Waals surface area contributed by atoms with Crippen LogP contribution in [0.25, 0.3) is 0 Å². The molecule has 1 unspecified atom stereocenters. The van der Waals surface area contributed by atoms with Gasteiger partial charge in [-0.05, 0) is 44.4 Å². The quantitative estimate of drug-likeness (QED) is 0.669. The summed E-state index contributed by atoms with van der Waals surface area (Å²) in [4.78, 5) is 37.7. The van der Waals surface area contributed by atoms with Crippen LogP contribution < -0.4 is 5.32 Å². The molecule has 0 aromatic heterocycles. The number of likely N-dealkylation sites (tertiary alicyclic amines) is 1. The molecule has 0 spiro atoms. The van der Waals surface area contributed by atoms with Crippen molar-refractivity contribution in [2.75, 3.05) is 25.0 Å². The molecule has 1 atom stereocenters. The number of nitrogens with zero attached hydrogens (tertiary/aromatic N) is 1. The van der Waals surface area contributed by atoms with Crippen LogP contribution in [0.4, 0.5) is 5.69 Å². The maximum absolute atomic E-state index is 12.3. The van der Waals surface area contributed by atoms with E-state index in [1.54, 1.807) is 25.1 Å². The van der Waals surface area contributed by atoms with E-state index in [4.69, 9.17) is 16.3 Å². The van der Waals surface area contributed by atoms with Crippen LogP contribution in [0.1, 0.15) is 25.3 Å². The lowest BCUT2D eigenvalue weighted by molar-refractivity contribution is -0.153. The van der Waals surface area contributed by atoms with Gasteiger partial charge in [0.1, 0.15) is 0 Å². The number of aryl methyl sites for hydroxylation is 1. The lowest BCUT2D eigenvalue weighted by Crippen LogP contribution is -2.47. The van der Waals surface area contributed by atoms with Gasteiger partial charge in [-0.15, -0.1) is 0 Å². The molecule has 1 aromatic carbocycles. The van der Waals surface area contributed by atoms with E-state index in [-0.39, 0.29) is 18.4 Å². The number of amides is 2. The lowest BCUT2D eigenvalue weighted by atomic mass is 9.98. The molecule has 1 aliphatic rings. The molecule has 7 heteroatoms. The fourth-order valence-corrected chi connectivity index (χ4v) is 2.79. The molecule has 1 saturated heterocycles. The van der Waals surface area contributed by atoms with Gasteiger partial charge in [0.15, 0.2) is 0 Å². The third-order valence-corrected chi connectivity index (χ3v) is 4.36. The van der Waals surface area contributed by atoms with E-state index < -0.39 is 11.8 Å². The van der Waals surface area contributed by atoms with E-state index in [1.165, 1.54) is 4.90 Å². The molecule has 1 fully saturated rings. The van der Waals surface area contributed by atoms with Crippen molar-refractivity contribution in [3.05, 3.63) is 28.8 Å². The number of halogens is 1. The predicted molar refractivity (Wildman–Crippen MR) is 90.8 cm³/mol. The Morgan fingerprint density at radius 3 is 2.79 bits per heavy atom. The highest BCUT2D eigenvalue weighted by molar-refractivity contribution is 6.39. The Bertz CT molecular complexity index is 647. The number of esters is 1. The molecule has 0 radical (unpaired) electrons. The van der Waals surface area contributed by atoms with Crippen LogP contribution in [-0.2, 0) is 19.1 Å². The number of ether oxygens (including phenoxy) is 1. The molecule has 2 amide bonds. The maximum Gasteiger partial charge on any atom is 0.313 e. The van der Waals surface area contributed by atoms with Gasteiger partial charge >= 0.3 is 17.8 Å². The van der Waals surface area contributed by atoms with Crippen LogP contribution in [0.15, 0.2) is 18.2 Å². The number of carbonyl (C=O) groups excluding carboxylic acids is 3. The van der Waals surface area contributed by atoms with Crippen molar-refractivity contribution in [1.82, 2.24) is 4.90 Å². The van der Waals surface area contributed by atoms with Gasteiger partial charge in [-0.2, -0.15) is 0 Å². The van der Waals surface area contributed by atoms with Crippen molar-refractivity contribution in [2.24, 2.45) is 5.92 Å². The maximum atomic E-state index is 12.3. The molecule has 1 aromatic rings. The average Bonchev–Trinajstić information content (AvgIpc) is 2.57. The zero-order valence-electron chi connectivity index (χ0n) is 13.8. The van der Waals surface area contributed by atoms with E-state index in [0.29, 0.717) is 36.7 Å². The van der Waals surface area contributed by atoms with Gasteiger partial charge in [0.25, 0.3) is 0 Å². The summed E-state index contributed by atoms with van der Waals surface area (Å²) in [7, 11) is 0. The van der Waals surface area contributed by atoms with Gasteiger partial charge in [-0.1, -0.05) is 17.7 Å². The molecular weight excluding hydrogens is 332 g/mol. The number of carbonyl (C=O) groups is 3. The van der Waals surface area contributed by atoms with Crippen molar-refractivity contribution in [3.63, 3.8) is 0 Å². The van der Waals surface area contributed by atoms with Gasteiger partial charge in [0.2, 0.25) is 0 Å². The fraction of sp³-hybridized carbons (Fsp3) is 0.471. The molecule has 1 aliphatic heterocycles. The van der Waals surface area contributed by atoms with Crippen LogP contribution in [0.3, 0.4) is 0 Å². The summed E-state index contributed by atoms with van der Waals surface area (Å²) in [6, 6.07) is 5.05. The van der Waals surface area contributed by atoms with Crippen LogP contribution in [0.2, 0.25) is 5.02 Å². The van der Waals surface area contributed by atoms with Crippen LogP contribution in [-0.4, -0.2) is 42.4 Å². The van der Waals surface area contributed by atoms with E-state index >= 15 is 0 Å². The number of hydrogen-bond acceptors (Lipinski definition) is 4. The van der Waals surface area contributed by atoms with Gasteiger partial charge < -0.3 is 15.0 Å². The first-order chi connectivity index (χ1) is 11.4. The van der Waals surface area contributed by atoms with E-state index in [0.717, 1.165) is 5.56 Å². The molecule has 24 heavy (non-hydrogen) atoms.